The summed E-state index contributed by atoms with van der Waals surface area (Å²) < 4.78 is 0. The highest BCUT2D eigenvalue weighted by molar-refractivity contribution is 7.11. The molecule has 1 aromatic heterocycles. The molecule has 1 fully saturated rings. The molecule has 4 rings (SSSR count). The molecular formula is C21H21ClN2O2S. The highest BCUT2D eigenvalue weighted by atomic mass is 35.5. The average molecular weight is 401 g/mol. The van der Waals surface area contributed by atoms with Crippen molar-refractivity contribution < 1.29 is 9.59 Å². The van der Waals surface area contributed by atoms with Crippen LogP contribution in [0.4, 0.5) is 0 Å². The first-order valence-electron chi connectivity index (χ1n) is 9.18. The number of likely N-dealkylation sites (tertiary alicyclic amines) is 1. The molecular weight excluding hydrogens is 380 g/mol. The lowest BCUT2D eigenvalue weighted by Gasteiger charge is -2.33. The van der Waals surface area contributed by atoms with E-state index >= 15 is 0 Å². The van der Waals surface area contributed by atoms with Gasteiger partial charge in [-0.25, -0.2) is 0 Å². The molecule has 0 radical (unpaired) electrons. The van der Waals surface area contributed by atoms with Gasteiger partial charge >= 0.3 is 0 Å². The van der Waals surface area contributed by atoms with Gasteiger partial charge in [0, 0.05) is 23.0 Å². The Kier molecular flexibility index (Phi) is 5.06. The maximum Gasteiger partial charge on any atom is 0.278 e. The summed E-state index contributed by atoms with van der Waals surface area (Å²) in [5, 5.41) is 2.58. The van der Waals surface area contributed by atoms with Crippen molar-refractivity contribution in [1.29, 1.82) is 0 Å². The highest BCUT2D eigenvalue weighted by Gasteiger charge is 2.42. The van der Waals surface area contributed by atoms with E-state index in [0.717, 1.165) is 36.4 Å². The number of carbonyl (C=O) groups excluding carboxylic acids is 2. The van der Waals surface area contributed by atoms with E-state index in [9.17, 15) is 9.59 Å². The first kappa shape index (κ1) is 18.3. The molecule has 1 saturated heterocycles. The van der Waals surface area contributed by atoms with Crippen molar-refractivity contribution in [2.24, 2.45) is 5.92 Å². The molecule has 0 saturated carbocycles. The van der Waals surface area contributed by atoms with Crippen molar-refractivity contribution in [3.8, 4) is 0 Å². The SMILES string of the molecule is CC1CCCN(C2=C(c3cccs3)C(=O)N(Cc3ccc(Cl)cc3)C2=O)C1. The summed E-state index contributed by atoms with van der Waals surface area (Å²) in [6.45, 7) is 4.10. The van der Waals surface area contributed by atoms with Crippen molar-refractivity contribution >= 4 is 40.3 Å². The number of halogens is 1. The first-order valence-corrected chi connectivity index (χ1v) is 10.4. The molecule has 2 aliphatic rings. The number of piperidine rings is 1. The Balaban J connectivity index is 1.69. The van der Waals surface area contributed by atoms with Gasteiger partial charge in [0.15, 0.2) is 0 Å². The Hall–Kier alpha value is -2.11. The lowest BCUT2D eigenvalue weighted by molar-refractivity contribution is -0.138. The smallest absolute Gasteiger partial charge is 0.278 e. The summed E-state index contributed by atoms with van der Waals surface area (Å²) in [4.78, 5) is 30.8. The van der Waals surface area contributed by atoms with Gasteiger partial charge in [-0.3, -0.25) is 14.5 Å². The van der Waals surface area contributed by atoms with Gasteiger partial charge in [-0.05, 0) is 47.9 Å². The summed E-state index contributed by atoms with van der Waals surface area (Å²) >= 11 is 7.46. The number of benzene rings is 1. The van der Waals surface area contributed by atoms with E-state index < -0.39 is 0 Å². The predicted octanol–water partition coefficient (Wildman–Crippen LogP) is 4.41. The number of rotatable bonds is 4. The Labute approximate surface area is 168 Å². The predicted molar refractivity (Wildman–Crippen MR) is 108 cm³/mol. The number of amides is 2. The first-order chi connectivity index (χ1) is 13.0. The van der Waals surface area contributed by atoms with Gasteiger partial charge in [-0.1, -0.05) is 36.7 Å². The van der Waals surface area contributed by atoms with Crippen LogP contribution in [-0.4, -0.2) is 34.7 Å². The van der Waals surface area contributed by atoms with E-state index in [0.29, 0.717) is 22.2 Å². The topological polar surface area (TPSA) is 40.6 Å². The Morgan fingerprint density at radius 2 is 1.93 bits per heavy atom. The molecule has 1 unspecified atom stereocenters. The number of thiophene rings is 1. The number of nitrogens with zero attached hydrogens (tertiary/aromatic N) is 2. The Morgan fingerprint density at radius 3 is 2.59 bits per heavy atom. The highest BCUT2D eigenvalue weighted by Crippen LogP contribution is 2.36. The lowest BCUT2D eigenvalue weighted by Crippen LogP contribution is -2.39. The van der Waals surface area contributed by atoms with Crippen LogP contribution in [0.2, 0.25) is 5.02 Å². The third-order valence-electron chi connectivity index (χ3n) is 5.14. The van der Waals surface area contributed by atoms with E-state index in [1.165, 1.54) is 16.2 Å². The molecule has 0 spiro atoms. The van der Waals surface area contributed by atoms with Crippen LogP contribution in [-0.2, 0) is 16.1 Å². The van der Waals surface area contributed by atoms with Gasteiger partial charge < -0.3 is 4.90 Å². The van der Waals surface area contributed by atoms with Crippen LogP contribution in [0, 0.1) is 5.92 Å². The Bertz CT molecular complexity index is 889. The van der Waals surface area contributed by atoms with E-state index in [1.807, 2.05) is 29.6 Å². The Morgan fingerprint density at radius 1 is 1.15 bits per heavy atom. The minimum absolute atomic E-state index is 0.188. The van der Waals surface area contributed by atoms with Crippen molar-refractivity contribution in [3.63, 3.8) is 0 Å². The van der Waals surface area contributed by atoms with Crippen LogP contribution < -0.4 is 0 Å². The number of hydrogen-bond acceptors (Lipinski definition) is 4. The van der Waals surface area contributed by atoms with Gasteiger partial charge in [-0.15, -0.1) is 11.3 Å². The summed E-state index contributed by atoms with van der Waals surface area (Å²) in [6, 6.07) is 11.1. The van der Waals surface area contributed by atoms with E-state index in [4.69, 9.17) is 11.6 Å². The summed E-state index contributed by atoms with van der Waals surface area (Å²) in [5.41, 5.74) is 2.01. The van der Waals surface area contributed by atoms with Gasteiger partial charge in [0.1, 0.15) is 5.70 Å². The molecule has 0 aliphatic carbocycles. The largest absolute Gasteiger partial charge is 0.366 e. The van der Waals surface area contributed by atoms with E-state index in [-0.39, 0.29) is 18.4 Å². The maximum absolute atomic E-state index is 13.3. The maximum atomic E-state index is 13.3. The molecule has 27 heavy (non-hydrogen) atoms. The molecule has 2 aromatic rings. The van der Waals surface area contributed by atoms with Gasteiger partial charge in [0.2, 0.25) is 0 Å². The zero-order chi connectivity index (χ0) is 19.0. The lowest BCUT2D eigenvalue weighted by atomic mass is 9.99. The molecule has 3 heterocycles. The van der Waals surface area contributed by atoms with E-state index in [1.54, 1.807) is 12.1 Å². The van der Waals surface area contributed by atoms with Crippen LogP contribution in [0.5, 0.6) is 0 Å². The van der Waals surface area contributed by atoms with Crippen LogP contribution >= 0.6 is 22.9 Å². The number of imide groups is 1. The van der Waals surface area contributed by atoms with Crippen LogP contribution in [0.1, 0.15) is 30.2 Å². The molecule has 0 bridgehead atoms. The standard InChI is InChI=1S/C21H21ClN2O2S/c1-14-4-2-10-23(12-14)19-18(17-5-3-11-27-17)20(25)24(21(19)26)13-15-6-8-16(22)9-7-15/h3,5-9,11,14H,2,4,10,12-13H2,1H3. The second kappa shape index (κ2) is 7.49. The summed E-state index contributed by atoms with van der Waals surface area (Å²) in [6.07, 6.45) is 2.20. The molecule has 6 heteroatoms. The molecule has 0 N–H and O–H groups in total. The third kappa shape index (κ3) is 3.54. The zero-order valence-electron chi connectivity index (χ0n) is 15.2. The van der Waals surface area contributed by atoms with Crippen molar-refractivity contribution in [2.75, 3.05) is 13.1 Å². The second-order valence-electron chi connectivity index (χ2n) is 7.22. The minimum atomic E-state index is -0.203. The van der Waals surface area contributed by atoms with Crippen molar-refractivity contribution in [1.82, 2.24) is 9.80 Å². The summed E-state index contributed by atoms with van der Waals surface area (Å²) in [7, 11) is 0. The van der Waals surface area contributed by atoms with Gasteiger partial charge in [-0.2, -0.15) is 0 Å². The molecule has 4 nitrogen and oxygen atoms in total. The van der Waals surface area contributed by atoms with Crippen LogP contribution in [0.15, 0.2) is 47.5 Å². The normalized spacial score (nSPS) is 20.7. The molecule has 2 amide bonds. The van der Waals surface area contributed by atoms with Crippen molar-refractivity contribution in [2.45, 2.75) is 26.3 Å². The fourth-order valence-electron chi connectivity index (χ4n) is 3.81. The molecule has 1 aromatic carbocycles. The zero-order valence-corrected chi connectivity index (χ0v) is 16.7. The van der Waals surface area contributed by atoms with Crippen LogP contribution in [0.25, 0.3) is 5.57 Å². The fourth-order valence-corrected chi connectivity index (χ4v) is 4.70. The molecule has 2 aliphatic heterocycles. The molecule has 140 valence electrons. The van der Waals surface area contributed by atoms with Crippen molar-refractivity contribution in [3.05, 3.63) is 62.9 Å². The van der Waals surface area contributed by atoms with E-state index in [2.05, 4.69) is 11.8 Å². The quantitative estimate of drug-likeness (QED) is 0.713. The van der Waals surface area contributed by atoms with Gasteiger partial charge in [0.05, 0.1) is 12.1 Å². The average Bonchev–Trinajstić information content (AvgIpc) is 3.25. The summed E-state index contributed by atoms with van der Waals surface area (Å²) in [5.74, 6) is 0.127. The molecule has 1 atom stereocenters. The van der Waals surface area contributed by atoms with Crippen LogP contribution in [0.3, 0.4) is 0 Å². The number of carbonyl (C=O) groups is 2. The fraction of sp³-hybridized carbons (Fsp3) is 0.333. The minimum Gasteiger partial charge on any atom is -0.366 e. The second-order valence-corrected chi connectivity index (χ2v) is 8.60. The number of hydrogen-bond donors (Lipinski definition) is 0. The third-order valence-corrected chi connectivity index (χ3v) is 6.28. The monoisotopic (exact) mass is 400 g/mol. The van der Waals surface area contributed by atoms with Gasteiger partial charge in [0.25, 0.3) is 11.8 Å².